The van der Waals surface area contributed by atoms with Crippen molar-refractivity contribution in [3.8, 4) is 0 Å². The molecule has 2 rings (SSSR count). The van der Waals surface area contributed by atoms with Gasteiger partial charge in [0.15, 0.2) is 11.6 Å². The molecule has 0 aliphatic heterocycles. The number of nitrogen functional groups attached to an aromatic ring is 1. The Morgan fingerprint density at radius 1 is 1.00 bits per heavy atom. The number of benzene rings is 1. The average molecular weight is 239 g/mol. The molecule has 0 bridgehead atoms. The first-order chi connectivity index (χ1) is 8.06. The number of nitrogens with two attached hydrogens (primary N) is 1. The summed E-state index contributed by atoms with van der Waals surface area (Å²) in [6.07, 6.45) is 1.41. The topological polar surface area (TPSA) is 50.9 Å². The van der Waals surface area contributed by atoms with Gasteiger partial charge < -0.3 is 11.1 Å². The van der Waals surface area contributed by atoms with Crippen LogP contribution >= 0.6 is 0 Å². The number of pyridine rings is 1. The predicted molar refractivity (Wildman–Crippen MR) is 58.2 cm³/mol. The second-order valence-electron chi connectivity index (χ2n) is 3.34. The van der Waals surface area contributed by atoms with Crippen LogP contribution in [0, 0.1) is 17.5 Å². The van der Waals surface area contributed by atoms with Gasteiger partial charge in [-0.05, 0) is 6.07 Å². The lowest BCUT2D eigenvalue weighted by Crippen LogP contribution is -1.98. The Bertz CT molecular complexity index is 558. The quantitative estimate of drug-likeness (QED) is 0.792. The van der Waals surface area contributed by atoms with E-state index in [1.54, 1.807) is 0 Å². The van der Waals surface area contributed by atoms with Gasteiger partial charge in [-0.2, -0.15) is 0 Å². The molecule has 17 heavy (non-hydrogen) atoms. The number of aromatic nitrogens is 1. The molecule has 0 atom stereocenters. The van der Waals surface area contributed by atoms with Crippen molar-refractivity contribution < 1.29 is 13.2 Å². The Balaban J connectivity index is 2.33. The Morgan fingerprint density at radius 3 is 2.41 bits per heavy atom. The molecule has 1 aromatic heterocycles. The summed E-state index contributed by atoms with van der Waals surface area (Å²) in [4.78, 5) is 3.75. The van der Waals surface area contributed by atoms with Gasteiger partial charge in [0.25, 0.3) is 0 Å². The number of nitrogens with one attached hydrogen (secondary N) is 1. The van der Waals surface area contributed by atoms with Crippen LogP contribution in [0.5, 0.6) is 0 Å². The van der Waals surface area contributed by atoms with Crippen molar-refractivity contribution in [2.24, 2.45) is 0 Å². The number of anilines is 3. The summed E-state index contributed by atoms with van der Waals surface area (Å²) in [6.45, 7) is 0. The van der Waals surface area contributed by atoms with Gasteiger partial charge in [0.1, 0.15) is 11.6 Å². The van der Waals surface area contributed by atoms with Crippen LogP contribution < -0.4 is 11.1 Å². The van der Waals surface area contributed by atoms with Crippen molar-refractivity contribution in [2.75, 3.05) is 11.1 Å². The maximum Gasteiger partial charge on any atom is 0.161 e. The zero-order chi connectivity index (χ0) is 12.4. The van der Waals surface area contributed by atoms with Gasteiger partial charge in [0.2, 0.25) is 0 Å². The second-order valence-corrected chi connectivity index (χ2v) is 3.34. The summed E-state index contributed by atoms with van der Waals surface area (Å²) in [5, 5.41) is 2.58. The highest BCUT2D eigenvalue weighted by Crippen LogP contribution is 2.23. The van der Waals surface area contributed by atoms with Gasteiger partial charge in [-0.25, -0.2) is 18.2 Å². The molecular weight excluding hydrogens is 231 g/mol. The molecule has 0 aliphatic rings. The first-order valence-corrected chi connectivity index (χ1v) is 4.69. The lowest BCUT2D eigenvalue weighted by Gasteiger charge is -2.08. The molecule has 2 aromatic rings. The lowest BCUT2D eigenvalue weighted by atomic mass is 10.2. The standard InChI is InChI=1S/C11H8F3N3/c12-7-4-9(14)10(5-8(7)13)17-6-1-2-16-11(15)3-6/h1-5H,(H3,15,16,17). The van der Waals surface area contributed by atoms with E-state index in [0.29, 0.717) is 11.8 Å². The molecule has 88 valence electrons. The van der Waals surface area contributed by atoms with Crippen LogP contribution in [0.1, 0.15) is 0 Å². The predicted octanol–water partition coefficient (Wildman–Crippen LogP) is 2.82. The monoisotopic (exact) mass is 239 g/mol. The molecule has 0 amide bonds. The Labute approximate surface area is 95.1 Å². The highest BCUT2D eigenvalue weighted by atomic mass is 19.2. The molecule has 0 spiro atoms. The van der Waals surface area contributed by atoms with Crippen LogP contribution in [0.3, 0.4) is 0 Å². The van der Waals surface area contributed by atoms with E-state index in [1.165, 1.54) is 18.3 Å². The van der Waals surface area contributed by atoms with Gasteiger partial charge in [0, 0.05) is 30.1 Å². The van der Waals surface area contributed by atoms with Crippen molar-refractivity contribution in [3.63, 3.8) is 0 Å². The minimum Gasteiger partial charge on any atom is -0.384 e. The summed E-state index contributed by atoms with van der Waals surface area (Å²) in [6, 6.07) is 4.18. The summed E-state index contributed by atoms with van der Waals surface area (Å²) in [5.74, 6) is -3.02. The molecule has 0 fully saturated rings. The van der Waals surface area contributed by atoms with E-state index in [4.69, 9.17) is 5.73 Å². The number of hydrogen-bond donors (Lipinski definition) is 2. The minimum absolute atomic E-state index is 0.172. The fraction of sp³-hybridized carbons (Fsp3) is 0. The molecule has 0 unspecified atom stereocenters. The van der Waals surface area contributed by atoms with E-state index in [9.17, 15) is 13.2 Å². The number of rotatable bonds is 2. The second kappa shape index (κ2) is 4.32. The van der Waals surface area contributed by atoms with E-state index >= 15 is 0 Å². The zero-order valence-corrected chi connectivity index (χ0v) is 8.55. The molecule has 1 aromatic carbocycles. The minimum atomic E-state index is -1.23. The summed E-state index contributed by atoms with van der Waals surface area (Å²) < 4.78 is 38.9. The normalized spacial score (nSPS) is 10.3. The highest BCUT2D eigenvalue weighted by molar-refractivity contribution is 5.62. The molecule has 0 aliphatic carbocycles. The molecule has 3 nitrogen and oxygen atoms in total. The third kappa shape index (κ3) is 2.47. The van der Waals surface area contributed by atoms with Crippen LogP contribution in [0.15, 0.2) is 30.5 Å². The summed E-state index contributed by atoms with van der Waals surface area (Å²) in [7, 11) is 0. The lowest BCUT2D eigenvalue weighted by molar-refractivity contribution is 0.496. The highest BCUT2D eigenvalue weighted by Gasteiger charge is 2.09. The zero-order valence-electron chi connectivity index (χ0n) is 8.55. The van der Waals surface area contributed by atoms with Crippen LogP contribution in [0.25, 0.3) is 0 Å². The van der Waals surface area contributed by atoms with E-state index < -0.39 is 17.5 Å². The van der Waals surface area contributed by atoms with Crippen LogP contribution in [0.4, 0.5) is 30.4 Å². The smallest absolute Gasteiger partial charge is 0.161 e. The van der Waals surface area contributed by atoms with Crippen molar-refractivity contribution in [1.29, 1.82) is 0 Å². The molecule has 0 saturated heterocycles. The molecule has 3 N–H and O–H groups in total. The van der Waals surface area contributed by atoms with Crippen molar-refractivity contribution in [2.45, 2.75) is 0 Å². The molecule has 0 saturated carbocycles. The van der Waals surface area contributed by atoms with Gasteiger partial charge in [-0.1, -0.05) is 0 Å². The SMILES string of the molecule is Nc1cc(Nc2cc(F)c(F)cc2F)ccn1. The van der Waals surface area contributed by atoms with E-state index in [2.05, 4.69) is 10.3 Å². The van der Waals surface area contributed by atoms with Gasteiger partial charge in [-0.15, -0.1) is 0 Å². The first-order valence-electron chi connectivity index (χ1n) is 4.69. The summed E-state index contributed by atoms with van der Waals surface area (Å²) in [5.41, 5.74) is 5.69. The number of nitrogens with zero attached hydrogens (tertiary/aromatic N) is 1. The fourth-order valence-electron chi connectivity index (χ4n) is 1.30. The molecule has 1 heterocycles. The maximum absolute atomic E-state index is 13.3. The maximum atomic E-state index is 13.3. The van der Waals surface area contributed by atoms with Crippen LogP contribution in [0.2, 0.25) is 0 Å². The Morgan fingerprint density at radius 2 is 1.71 bits per heavy atom. The number of hydrogen-bond acceptors (Lipinski definition) is 3. The van der Waals surface area contributed by atoms with Crippen molar-refractivity contribution in [3.05, 3.63) is 47.9 Å². The van der Waals surface area contributed by atoms with Crippen LogP contribution in [-0.2, 0) is 0 Å². The van der Waals surface area contributed by atoms with Crippen molar-refractivity contribution in [1.82, 2.24) is 4.98 Å². The van der Waals surface area contributed by atoms with Crippen LogP contribution in [-0.4, -0.2) is 4.98 Å². The summed E-state index contributed by atoms with van der Waals surface area (Å²) >= 11 is 0. The number of halogens is 3. The fourth-order valence-corrected chi connectivity index (χ4v) is 1.30. The van der Waals surface area contributed by atoms with Gasteiger partial charge in [0.05, 0.1) is 5.69 Å². The Kier molecular flexibility index (Phi) is 2.86. The van der Waals surface area contributed by atoms with E-state index in [0.717, 1.165) is 6.07 Å². The third-order valence-corrected chi connectivity index (χ3v) is 2.07. The molecular formula is C11H8F3N3. The van der Waals surface area contributed by atoms with E-state index in [-0.39, 0.29) is 11.5 Å². The molecule has 0 radical (unpaired) electrons. The third-order valence-electron chi connectivity index (χ3n) is 2.07. The Hall–Kier alpha value is -2.24. The van der Waals surface area contributed by atoms with Gasteiger partial charge >= 0.3 is 0 Å². The average Bonchev–Trinajstić information content (AvgIpc) is 2.26. The largest absolute Gasteiger partial charge is 0.384 e. The van der Waals surface area contributed by atoms with Crippen molar-refractivity contribution >= 4 is 17.2 Å². The van der Waals surface area contributed by atoms with E-state index in [1.807, 2.05) is 0 Å². The van der Waals surface area contributed by atoms with Gasteiger partial charge in [-0.3, -0.25) is 0 Å². The first kappa shape index (κ1) is 11.3. The molecule has 6 heteroatoms.